The van der Waals surface area contributed by atoms with Crippen molar-refractivity contribution < 1.29 is 19.1 Å². The van der Waals surface area contributed by atoms with Crippen LogP contribution in [0.4, 0.5) is 0 Å². The highest BCUT2D eigenvalue weighted by molar-refractivity contribution is 8.00. The number of benzene rings is 1. The summed E-state index contributed by atoms with van der Waals surface area (Å²) in [6, 6.07) is 9.22. The summed E-state index contributed by atoms with van der Waals surface area (Å²) in [7, 11) is 1.70. The van der Waals surface area contributed by atoms with Crippen molar-refractivity contribution in [3.63, 3.8) is 0 Å². The highest BCUT2D eigenvalue weighted by Crippen LogP contribution is 2.21. The van der Waals surface area contributed by atoms with Gasteiger partial charge in [0.15, 0.2) is 6.61 Å². The molecule has 0 unspecified atom stereocenters. The van der Waals surface area contributed by atoms with Crippen molar-refractivity contribution in [3.05, 3.63) is 53.3 Å². The van der Waals surface area contributed by atoms with Gasteiger partial charge >= 0.3 is 5.97 Å². The molecule has 7 heteroatoms. The Labute approximate surface area is 150 Å². The second-order valence-electron chi connectivity index (χ2n) is 5.58. The maximum atomic E-state index is 11.9. The molecule has 6 nitrogen and oxygen atoms in total. The van der Waals surface area contributed by atoms with Crippen molar-refractivity contribution in [2.45, 2.75) is 18.7 Å². The highest BCUT2D eigenvalue weighted by atomic mass is 32.2. The lowest BCUT2D eigenvalue weighted by molar-refractivity contribution is -0.145. The van der Waals surface area contributed by atoms with Gasteiger partial charge in [-0.3, -0.25) is 19.7 Å². The lowest BCUT2D eigenvalue weighted by Gasteiger charge is -2.07. The van der Waals surface area contributed by atoms with Gasteiger partial charge in [-0.15, -0.1) is 11.8 Å². The molecule has 2 aromatic rings. The van der Waals surface area contributed by atoms with Gasteiger partial charge in [0.1, 0.15) is 5.69 Å². The van der Waals surface area contributed by atoms with Crippen molar-refractivity contribution >= 4 is 29.5 Å². The fraction of sp³-hybridized carbons (Fsp3) is 0.278. The molecular weight excluding hydrogens is 340 g/mol. The number of hydrogen-bond donors (Lipinski definition) is 1. The first-order valence-electron chi connectivity index (χ1n) is 7.68. The number of ether oxygens (including phenoxy) is 1. The Balaban J connectivity index is 1.74. The third kappa shape index (κ3) is 5.49. The second-order valence-corrected chi connectivity index (χ2v) is 6.63. The molecule has 1 N–H and O–H groups in total. The van der Waals surface area contributed by atoms with Crippen LogP contribution in [0.25, 0.3) is 0 Å². The first-order chi connectivity index (χ1) is 11.9. The van der Waals surface area contributed by atoms with Crippen LogP contribution in [0.5, 0.6) is 0 Å². The first-order valence-corrected chi connectivity index (χ1v) is 8.66. The number of aryl methyl sites for hydroxylation is 3. The number of amides is 2. The summed E-state index contributed by atoms with van der Waals surface area (Å²) in [5.74, 6) is -1.60. The number of rotatable bonds is 6. The smallest absolute Gasteiger partial charge is 0.316 e. The zero-order valence-electron chi connectivity index (χ0n) is 14.4. The van der Waals surface area contributed by atoms with Crippen LogP contribution >= 0.6 is 11.8 Å². The fourth-order valence-electron chi connectivity index (χ4n) is 2.06. The molecule has 25 heavy (non-hydrogen) atoms. The summed E-state index contributed by atoms with van der Waals surface area (Å²) in [4.78, 5) is 36.2. The van der Waals surface area contributed by atoms with E-state index in [-0.39, 0.29) is 5.75 Å². The molecule has 1 aromatic carbocycles. The summed E-state index contributed by atoms with van der Waals surface area (Å²) in [5.41, 5.74) is 2.69. The Morgan fingerprint density at radius 3 is 2.56 bits per heavy atom. The summed E-state index contributed by atoms with van der Waals surface area (Å²) in [6.07, 6.45) is 1.70. The SMILES string of the molecule is Cc1ccc(SCC(=O)OCC(=O)NC(=O)c2cccn2C)cc1C. The van der Waals surface area contributed by atoms with Crippen LogP contribution in [0.2, 0.25) is 0 Å². The summed E-state index contributed by atoms with van der Waals surface area (Å²) < 4.78 is 6.49. The predicted molar refractivity (Wildman–Crippen MR) is 95.5 cm³/mol. The van der Waals surface area contributed by atoms with Gasteiger partial charge in [-0.25, -0.2) is 0 Å². The van der Waals surface area contributed by atoms with Gasteiger partial charge in [0.2, 0.25) is 0 Å². The van der Waals surface area contributed by atoms with Gasteiger partial charge in [0.25, 0.3) is 11.8 Å². The van der Waals surface area contributed by atoms with E-state index in [9.17, 15) is 14.4 Å². The molecule has 0 fully saturated rings. The molecule has 0 saturated carbocycles. The Kier molecular flexibility index (Phi) is 6.41. The van der Waals surface area contributed by atoms with E-state index >= 15 is 0 Å². The van der Waals surface area contributed by atoms with Gasteiger partial charge < -0.3 is 9.30 Å². The summed E-state index contributed by atoms with van der Waals surface area (Å²) in [6.45, 7) is 3.54. The van der Waals surface area contributed by atoms with Crippen molar-refractivity contribution in [1.82, 2.24) is 9.88 Å². The third-order valence-electron chi connectivity index (χ3n) is 3.63. The van der Waals surface area contributed by atoms with Gasteiger partial charge in [0.05, 0.1) is 5.75 Å². The number of carbonyl (C=O) groups excluding carboxylic acids is 3. The Bertz CT molecular complexity index is 798. The molecule has 2 rings (SSSR count). The van der Waals surface area contributed by atoms with E-state index in [0.717, 1.165) is 10.5 Å². The summed E-state index contributed by atoms with van der Waals surface area (Å²) >= 11 is 1.34. The van der Waals surface area contributed by atoms with E-state index in [4.69, 9.17) is 4.74 Å². The number of hydrogen-bond acceptors (Lipinski definition) is 5. The lowest BCUT2D eigenvalue weighted by atomic mass is 10.1. The minimum atomic E-state index is -0.657. The number of thioether (sulfide) groups is 1. The Morgan fingerprint density at radius 2 is 1.92 bits per heavy atom. The number of nitrogens with zero attached hydrogens (tertiary/aromatic N) is 1. The molecule has 132 valence electrons. The van der Waals surface area contributed by atoms with Crippen LogP contribution in [0.3, 0.4) is 0 Å². The normalized spacial score (nSPS) is 10.4. The minimum absolute atomic E-state index is 0.0987. The molecule has 0 aliphatic rings. The van der Waals surface area contributed by atoms with Crippen LogP contribution in [0, 0.1) is 13.8 Å². The van der Waals surface area contributed by atoms with Crippen molar-refractivity contribution in [2.24, 2.45) is 7.05 Å². The standard InChI is InChI=1S/C18H20N2O4S/c1-12-6-7-14(9-13(12)2)25-11-17(22)24-10-16(21)19-18(23)15-5-4-8-20(15)3/h4-9H,10-11H2,1-3H3,(H,19,21,23). The molecule has 0 saturated heterocycles. The number of aromatic nitrogens is 1. The topological polar surface area (TPSA) is 77.4 Å². The van der Waals surface area contributed by atoms with Crippen LogP contribution in [-0.2, 0) is 21.4 Å². The monoisotopic (exact) mass is 360 g/mol. The van der Waals surface area contributed by atoms with E-state index in [2.05, 4.69) is 5.32 Å². The molecule has 0 radical (unpaired) electrons. The average molecular weight is 360 g/mol. The zero-order chi connectivity index (χ0) is 18.4. The Morgan fingerprint density at radius 1 is 1.16 bits per heavy atom. The minimum Gasteiger partial charge on any atom is -0.455 e. The molecule has 0 atom stereocenters. The maximum absolute atomic E-state index is 11.9. The van der Waals surface area contributed by atoms with Crippen LogP contribution in [0.15, 0.2) is 41.4 Å². The summed E-state index contributed by atoms with van der Waals surface area (Å²) in [5, 5.41) is 2.18. The fourth-order valence-corrected chi connectivity index (χ4v) is 2.85. The largest absolute Gasteiger partial charge is 0.455 e. The molecule has 2 amide bonds. The van der Waals surface area contributed by atoms with Gasteiger partial charge in [0, 0.05) is 18.1 Å². The first kappa shape index (κ1) is 18.8. The van der Waals surface area contributed by atoms with E-state index in [1.807, 2.05) is 32.0 Å². The predicted octanol–water partition coefficient (Wildman–Crippen LogP) is 2.23. The molecule has 1 heterocycles. The molecule has 1 aromatic heterocycles. The highest BCUT2D eigenvalue weighted by Gasteiger charge is 2.14. The number of nitrogens with one attached hydrogen (secondary N) is 1. The molecule has 0 aliphatic carbocycles. The molecular formula is C18H20N2O4S. The maximum Gasteiger partial charge on any atom is 0.316 e. The van der Waals surface area contributed by atoms with Gasteiger partial charge in [-0.2, -0.15) is 0 Å². The van der Waals surface area contributed by atoms with E-state index in [1.165, 1.54) is 17.3 Å². The quantitative estimate of drug-likeness (QED) is 0.631. The van der Waals surface area contributed by atoms with E-state index in [1.54, 1.807) is 29.9 Å². The van der Waals surface area contributed by atoms with Gasteiger partial charge in [-0.1, -0.05) is 6.07 Å². The number of imide groups is 1. The van der Waals surface area contributed by atoms with E-state index < -0.39 is 24.4 Å². The van der Waals surface area contributed by atoms with Crippen molar-refractivity contribution in [2.75, 3.05) is 12.4 Å². The molecule has 0 aliphatic heterocycles. The average Bonchev–Trinajstić information content (AvgIpc) is 3.00. The molecule has 0 bridgehead atoms. The Hall–Kier alpha value is -2.54. The van der Waals surface area contributed by atoms with E-state index in [0.29, 0.717) is 5.69 Å². The van der Waals surface area contributed by atoms with Crippen molar-refractivity contribution in [3.8, 4) is 0 Å². The third-order valence-corrected chi connectivity index (χ3v) is 4.60. The zero-order valence-corrected chi connectivity index (χ0v) is 15.2. The van der Waals surface area contributed by atoms with Crippen molar-refractivity contribution in [1.29, 1.82) is 0 Å². The second kappa shape index (κ2) is 8.53. The number of carbonyl (C=O) groups is 3. The molecule has 0 spiro atoms. The van der Waals surface area contributed by atoms with Crippen LogP contribution < -0.4 is 5.32 Å². The lowest BCUT2D eigenvalue weighted by Crippen LogP contribution is -2.35. The van der Waals surface area contributed by atoms with Crippen LogP contribution in [0.1, 0.15) is 21.6 Å². The number of esters is 1. The van der Waals surface area contributed by atoms with Gasteiger partial charge in [-0.05, 0) is 49.2 Å². The van der Waals surface area contributed by atoms with Crippen LogP contribution in [-0.4, -0.2) is 34.7 Å².